The van der Waals surface area contributed by atoms with Crippen molar-refractivity contribution in [3.05, 3.63) is 22.7 Å². The van der Waals surface area contributed by atoms with Crippen molar-refractivity contribution in [3.63, 3.8) is 0 Å². The zero-order chi connectivity index (χ0) is 17.0. The Labute approximate surface area is 144 Å². The van der Waals surface area contributed by atoms with E-state index in [0.717, 1.165) is 31.6 Å². The van der Waals surface area contributed by atoms with Gasteiger partial charge < -0.3 is 20.1 Å². The van der Waals surface area contributed by atoms with Crippen LogP contribution in [0.2, 0.25) is 5.02 Å². The minimum Gasteiger partial charge on any atom is -0.493 e. The summed E-state index contributed by atoms with van der Waals surface area (Å²) in [6.07, 6.45) is 1.13. The van der Waals surface area contributed by atoms with Crippen LogP contribution in [0.3, 0.4) is 0 Å². The molecule has 0 aromatic heterocycles. The molecule has 0 amide bonds. The fourth-order valence-corrected chi connectivity index (χ4v) is 3.69. The number of methoxy groups -OCH3 is 2. The number of likely N-dealkylation sites (N-methyl/N-ethyl adjacent to an activating group) is 1. The monoisotopic (exact) mass is 341 g/mol. The minimum absolute atomic E-state index is 0.0880. The Balaban J connectivity index is 2.31. The van der Waals surface area contributed by atoms with E-state index >= 15 is 0 Å². The summed E-state index contributed by atoms with van der Waals surface area (Å²) in [6.45, 7) is 5.78. The highest BCUT2D eigenvalue weighted by Gasteiger charge is 2.30. The van der Waals surface area contributed by atoms with E-state index < -0.39 is 0 Å². The Kier molecular flexibility index (Phi) is 6.53. The normalized spacial score (nSPS) is 21.2. The Morgan fingerprint density at radius 3 is 2.61 bits per heavy atom. The summed E-state index contributed by atoms with van der Waals surface area (Å²) in [5.41, 5.74) is 7.11. The number of nitrogens with zero attached hydrogens (tertiary/aromatic N) is 2. The van der Waals surface area contributed by atoms with Crippen LogP contribution < -0.4 is 15.2 Å². The first kappa shape index (κ1) is 18.3. The topological polar surface area (TPSA) is 51.0 Å². The molecule has 0 saturated carbocycles. The van der Waals surface area contributed by atoms with E-state index in [-0.39, 0.29) is 6.04 Å². The maximum Gasteiger partial charge on any atom is 0.179 e. The molecule has 2 rings (SSSR count). The van der Waals surface area contributed by atoms with E-state index in [9.17, 15) is 0 Å². The lowest BCUT2D eigenvalue weighted by Crippen LogP contribution is -2.53. The lowest BCUT2D eigenvalue weighted by Gasteiger charge is -2.43. The highest BCUT2D eigenvalue weighted by molar-refractivity contribution is 6.33. The van der Waals surface area contributed by atoms with Gasteiger partial charge in [-0.25, -0.2) is 0 Å². The van der Waals surface area contributed by atoms with Gasteiger partial charge in [-0.05, 0) is 25.1 Å². The average Bonchev–Trinajstić information content (AvgIpc) is 2.57. The molecular formula is C17H28ClN3O2. The summed E-state index contributed by atoms with van der Waals surface area (Å²) >= 11 is 6.59. The minimum atomic E-state index is 0.0880. The van der Waals surface area contributed by atoms with Gasteiger partial charge in [0.15, 0.2) is 11.5 Å². The first-order valence-corrected chi connectivity index (χ1v) is 8.49. The molecule has 6 heteroatoms. The third kappa shape index (κ3) is 3.74. The fraction of sp³-hybridized carbons (Fsp3) is 0.647. The Morgan fingerprint density at radius 1 is 1.30 bits per heavy atom. The van der Waals surface area contributed by atoms with Gasteiger partial charge >= 0.3 is 0 Å². The van der Waals surface area contributed by atoms with Gasteiger partial charge in [0, 0.05) is 38.3 Å². The van der Waals surface area contributed by atoms with Crippen LogP contribution in [0.1, 0.15) is 24.9 Å². The van der Waals surface area contributed by atoms with Gasteiger partial charge in [-0.15, -0.1) is 0 Å². The van der Waals surface area contributed by atoms with Crippen molar-refractivity contribution in [2.45, 2.75) is 25.4 Å². The molecule has 1 aliphatic heterocycles. The van der Waals surface area contributed by atoms with Crippen LogP contribution in [-0.4, -0.2) is 63.3 Å². The van der Waals surface area contributed by atoms with Crippen LogP contribution in [0, 0.1) is 0 Å². The highest BCUT2D eigenvalue weighted by Crippen LogP contribution is 2.41. The number of rotatable bonds is 6. The molecule has 1 aromatic carbocycles. The molecule has 0 bridgehead atoms. The molecule has 23 heavy (non-hydrogen) atoms. The van der Waals surface area contributed by atoms with Crippen molar-refractivity contribution < 1.29 is 9.47 Å². The molecule has 0 aliphatic carbocycles. The van der Waals surface area contributed by atoms with Gasteiger partial charge in [0.2, 0.25) is 0 Å². The van der Waals surface area contributed by atoms with Gasteiger partial charge in [0.05, 0.1) is 19.2 Å². The second kappa shape index (κ2) is 8.20. The van der Waals surface area contributed by atoms with Gasteiger partial charge in [0.1, 0.15) is 0 Å². The zero-order valence-corrected chi connectivity index (χ0v) is 15.3. The standard InChI is InChI=1S/C17H28ClN3O2/c1-5-12-11-21(9-8-20(12)2)14(10-19)13-6-7-15(22-3)17(23-4)16(13)18/h6-7,12,14H,5,8-11,19H2,1-4H3. The summed E-state index contributed by atoms with van der Waals surface area (Å²) in [6, 6.07) is 4.54. The number of nitrogens with two attached hydrogens (primary N) is 1. The molecule has 0 radical (unpaired) electrons. The summed E-state index contributed by atoms with van der Waals surface area (Å²) in [4.78, 5) is 4.85. The molecule has 2 atom stereocenters. The summed E-state index contributed by atoms with van der Waals surface area (Å²) in [7, 11) is 5.40. The van der Waals surface area contributed by atoms with Crippen LogP contribution >= 0.6 is 11.6 Å². The van der Waals surface area contributed by atoms with Crippen molar-refractivity contribution in [3.8, 4) is 11.5 Å². The molecule has 1 heterocycles. The average molecular weight is 342 g/mol. The van der Waals surface area contributed by atoms with Crippen LogP contribution in [-0.2, 0) is 0 Å². The Bertz CT molecular complexity index is 527. The summed E-state index contributed by atoms with van der Waals surface area (Å²) < 4.78 is 10.7. The van der Waals surface area contributed by atoms with Crippen molar-refractivity contribution in [2.24, 2.45) is 5.73 Å². The van der Waals surface area contributed by atoms with E-state index in [1.165, 1.54) is 0 Å². The molecule has 5 nitrogen and oxygen atoms in total. The molecule has 1 saturated heterocycles. The smallest absolute Gasteiger partial charge is 0.179 e. The second-order valence-electron chi connectivity index (χ2n) is 5.99. The molecule has 2 N–H and O–H groups in total. The van der Waals surface area contributed by atoms with Gasteiger partial charge in [-0.1, -0.05) is 24.6 Å². The third-order valence-electron chi connectivity index (χ3n) is 4.82. The maximum absolute atomic E-state index is 6.59. The van der Waals surface area contributed by atoms with E-state index in [4.69, 9.17) is 26.8 Å². The number of hydrogen-bond donors (Lipinski definition) is 1. The SMILES string of the molecule is CCC1CN(C(CN)c2ccc(OC)c(OC)c2Cl)CCN1C. The fourth-order valence-electron chi connectivity index (χ4n) is 3.33. The van der Waals surface area contributed by atoms with Crippen molar-refractivity contribution >= 4 is 11.6 Å². The number of halogens is 1. The van der Waals surface area contributed by atoms with Crippen LogP contribution in [0.5, 0.6) is 11.5 Å². The van der Waals surface area contributed by atoms with E-state index in [0.29, 0.717) is 29.1 Å². The Morgan fingerprint density at radius 2 is 2.04 bits per heavy atom. The first-order chi connectivity index (χ1) is 11.1. The van der Waals surface area contributed by atoms with Gasteiger partial charge in [-0.3, -0.25) is 4.90 Å². The number of hydrogen-bond acceptors (Lipinski definition) is 5. The lowest BCUT2D eigenvalue weighted by atomic mass is 10.0. The van der Waals surface area contributed by atoms with Crippen molar-refractivity contribution in [2.75, 3.05) is 47.4 Å². The maximum atomic E-state index is 6.59. The number of piperazine rings is 1. The van der Waals surface area contributed by atoms with E-state index in [1.54, 1.807) is 14.2 Å². The molecular weight excluding hydrogens is 314 g/mol. The number of ether oxygens (including phenoxy) is 2. The first-order valence-electron chi connectivity index (χ1n) is 8.12. The quantitative estimate of drug-likeness (QED) is 0.861. The Hall–Kier alpha value is -1.01. The highest BCUT2D eigenvalue weighted by atomic mass is 35.5. The largest absolute Gasteiger partial charge is 0.493 e. The second-order valence-corrected chi connectivity index (χ2v) is 6.37. The van der Waals surface area contributed by atoms with E-state index in [1.807, 2.05) is 12.1 Å². The van der Waals surface area contributed by atoms with Crippen LogP contribution in [0.4, 0.5) is 0 Å². The summed E-state index contributed by atoms with van der Waals surface area (Å²) in [5, 5.41) is 0.592. The molecule has 1 fully saturated rings. The lowest BCUT2D eigenvalue weighted by molar-refractivity contribution is 0.0643. The van der Waals surface area contributed by atoms with Crippen molar-refractivity contribution in [1.82, 2.24) is 9.80 Å². The predicted molar refractivity (Wildman–Crippen MR) is 94.6 cm³/mol. The molecule has 1 aliphatic rings. The molecule has 130 valence electrons. The third-order valence-corrected chi connectivity index (χ3v) is 5.21. The van der Waals surface area contributed by atoms with Gasteiger partial charge in [-0.2, -0.15) is 0 Å². The zero-order valence-electron chi connectivity index (χ0n) is 14.5. The molecule has 1 aromatic rings. The van der Waals surface area contributed by atoms with Crippen LogP contribution in [0.25, 0.3) is 0 Å². The molecule has 2 unspecified atom stereocenters. The van der Waals surface area contributed by atoms with Crippen LogP contribution in [0.15, 0.2) is 12.1 Å². The number of benzene rings is 1. The van der Waals surface area contributed by atoms with E-state index in [2.05, 4.69) is 23.8 Å². The summed E-state index contributed by atoms with van der Waals surface area (Å²) in [5.74, 6) is 1.22. The van der Waals surface area contributed by atoms with Gasteiger partial charge in [0.25, 0.3) is 0 Å². The predicted octanol–water partition coefficient (Wildman–Crippen LogP) is 2.38. The molecule has 0 spiro atoms. The van der Waals surface area contributed by atoms with Crippen molar-refractivity contribution in [1.29, 1.82) is 0 Å².